The number of carbonyl (C=O) groups is 2. The molecule has 0 aliphatic rings. The van der Waals surface area contributed by atoms with Crippen molar-refractivity contribution >= 4 is 11.8 Å². The van der Waals surface area contributed by atoms with Crippen molar-refractivity contribution in [2.24, 2.45) is 5.73 Å². The van der Waals surface area contributed by atoms with E-state index in [0.717, 1.165) is 59.4 Å². The Hall–Kier alpha value is -3.64. The second-order valence-electron chi connectivity index (χ2n) is 9.51. The van der Waals surface area contributed by atoms with Gasteiger partial charge in [0.25, 0.3) is 0 Å². The van der Waals surface area contributed by atoms with Crippen LogP contribution in [-0.4, -0.2) is 30.1 Å². The van der Waals surface area contributed by atoms with Gasteiger partial charge in [-0.1, -0.05) is 57.0 Å². The van der Waals surface area contributed by atoms with Gasteiger partial charge in [0, 0.05) is 30.0 Å². The molecule has 3 aromatic rings. The molecule has 0 heterocycles. The van der Waals surface area contributed by atoms with Crippen LogP contribution in [0.2, 0.25) is 0 Å². The molecule has 0 saturated carbocycles. The first kappa shape index (κ1) is 28.9. The van der Waals surface area contributed by atoms with Crippen molar-refractivity contribution in [3.63, 3.8) is 0 Å². The second kappa shape index (κ2) is 14.9. The molecule has 0 fully saturated rings. The molecule has 0 spiro atoms. The number of aliphatic carboxylic acids is 1. The van der Waals surface area contributed by atoms with Gasteiger partial charge in [0.2, 0.25) is 0 Å². The molecule has 0 amide bonds. The lowest BCUT2D eigenvalue weighted by atomic mass is 9.94. The fraction of sp³-hybridized carbons (Fsp3) is 0.375. The number of benzene rings is 3. The zero-order valence-corrected chi connectivity index (χ0v) is 22.4. The van der Waals surface area contributed by atoms with Crippen LogP contribution in [-0.2, 0) is 11.2 Å². The molecule has 0 aliphatic carbocycles. The number of carboxylic acids is 1. The fourth-order valence-electron chi connectivity index (χ4n) is 4.10. The normalized spacial score (nSPS) is 11.7. The highest BCUT2D eigenvalue weighted by molar-refractivity contribution is 5.96. The summed E-state index contributed by atoms with van der Waals surface area (Å²) in [4.78, 5) is 23.9. The summed E-state index contributed by atoms with van der Waals surface area (Å²) in [5.74, 6) is 0.645. The standard InChI is InChI=1S/C32H39NO5/c1-3-5-18-37-27-14-12-24(13-15-27)30(34)22-29(33)26-9-7-8-25(21-26)28-16-10-23(11-17-32(35)36)20-31(28)38-19-6-4-2/h7-10,12-16,20-21,29H,3-6,11,17-19,22,33H2,1-2H3,(H,35,36). The first-order valence-electron chi connectivity index (χ1n) is 13.5. The van der Waals surface area contributed by atoms with Crippen LogP contribution in [0.3, 0.4) is 0 Å². The Bertz CT molecular complexity index is 1190. The molecule has 0 aliphatic heterocycles. The Morgan fingerprint density at radius 2 is 1.61 bits per heavy atom. The van der Waals surface area contributed by atoms with Crippen LogP contribution in [0, 0.1) is 0 Å². The third-order valence-corrected chi connectivity index (χ3v) is 6.40. The summed E-state index contributed by atoms with van der Waals surface area (Å²) in [7, 11) is 0. The number of nitrogens with two attached hydrogens (primary N) is 1. The Morgan fingerprint density at radius 3 is 2.29 bits per heavy atom. The van der Waals surface area contributed by atoms with E-state index in [1.165, 1.54) is 0 Å². The Kier molecular flexibility index (Phi) is 11.4. The second-order valence-corrected chi connectivity index (χ2v) is 9.51. The number of Topliss-reactive ketones (excluding diaryl/α,β-unsaturated/α-hetero) is 1. The van der Waals surface area contributed by atoms with Gasteiger partial charge < -0.3 is 20.3 Å². The van der Waals surface area contributed by atoms with Gasteiger partial charge in [-0.25, -0.2) is 0 Å². The number of hydrogen-bond donors (Lipinski definition) is 2. The first-order chi connectivity index (χ1) is 18.4. The van der Waals surface area contributed by atoms with Crippen molar-refractivity contribution in [1.82, 2.24) is 0 Å². The average Bonchev–Trinajstić information content (AvgIpc) is 2.92. The van der Waals surface area contributed by atoms with Gasteiger partial charge in [-0.2, -0.15) is 0 Å². The van der Waals surface area contributed by atoms with E-state index < -0.39 is 12.0 Å². The predicted octanol–water partition coefficient (Wildman–Crippen LogP) is 7.00. The van der Waals surface area contributed by atoms with Crippen molar-refractivity contribution in [3.05, 3.63) is 83.4 Å². The van der Waals surface area contributed by atoms with E-state index in [1.54, 1.807) is 12.1 Å². The third kappa shape index (κ3) is 8.73. The van der Waals surface area contributed by atoms with Crippen molar-refractivity contribution in [2.45, 2.75) is 64.8 Å². The molecular weight excluding hydrogens is 478 g/mol. The molecular formula is C32H39NO5. The van der Waals surface area contributed by atoms with Crippen LogP contribution in [0.25, 0.3) is 11.1 Å². The van der Waals surface area contributed by atoms with Gasteiger partial charge in [-0.3, -0.25) is 9.59 Å². The van der Waals surface area contributed by atoms with Crippen LogP contribution in [0.4, 0.5) is 0 Å². The highest BCUT2D eigenvalue weighted by atomic mass is 16.5. The lowest BCUT2D eigenvalue weighted by molar-refractivity contribution is -0.136. The third-order valence-electron chi connectivity index (χ3n) is 6.40. The summed E-state index contributed by atoms with van der Waals surface area (Å²) in [6.45, 7) is 5.48. The van der Waals surface area contributed by atoms with Gasteiger partial charge in [0.1, 0.15) is 11.5 Å². The maximum absolute atomic E-state index is 12.9. The zero-order chi connectivity index (χ0) is 27.3. The number of unbranched alkanes of at least 4 members (excludes halogenated alkanes) is 2. The van der Waals surface area contributed by atoms with Crippen molar-refractivity contribution in [1.29, 1.82) is 0 Å². The Labute approximate surface area is 225 Å². The van der Waals surface area contributed by atoms with E-state index in [2.05, 4.69) is 13.8 Å². The molecule has 0 radical (unpaired) electrons. The minimum Gasteiger partial charge on any atom is -0.494 e. The molecule has 0 bridgehead atoms. The molecule has 6 nitrogen and oxygen atoms in total. The van der Waals surface area contributed by atoms with E-state index in [1.807, 2.05) is 54.6 Å². The van der Waals surface area contributed by atoms with Crippen LogP contribution >= 0.6 is 0 Å². The summed E-state index contributed by atoms with van der Waals surface area (Å²) in [5.41, 5.74) is 10.7. The maximum Gasteiger partial charge on any atom is 0.303 e. The summed E-state index contributed by atoms with van der Waals surface area (Å²) in [6.07, 6.45) is 4.71. The number of ether oxygens (including phenoxy) is 2. The van der Waals surface area contributed by atoms with E-state index in [4.69, 9.17) is 20.3 Å². The molecule has 202 valence electrons. The molecule has 0 saturated heterocycles. The fourth-order valence-corrected chi connectivity index (χ4v) is 4.10. The van der Waals surface area contributed by atoms with Crippen LogP contribution in [0.5, 0.6) is 11.5 Å². The average molecular weight is 518 g/mol. The highest BCUT2D eigenvalue weighted by Crippen LogP contribution is 2.33. The van der Waals surface area contributed by atoms with E-state index in [9.17, 15) is 9.59 Å². The van der Waals surface area contributed by atoms with Crippen molar-refractivity contribution in [3.8, 4) is 22.6 Å². The monoisotopic (exact) mass is 517 g/mol. The summed E-state index contributed by atoms with van der Waals surface area (Å²) in [5, 5.41) is 9.05. The first-order valence-corrected chi connectivity index (χ1v) is 13.5. The summed E-state index contributed by atoms with van der Waals surface area (Å²) < 4.78 is 11.8. The van der Waals surface area contributed by atoms with Crippen LogP contribution in [0.15, 0.2) is 66.7 Å². The van der Waals surface area contributed by atoms with Crippen molar-refractivity contribution < 1.29 is 24.2 Å². The lowest BCUT2D eigenvalue weighted by Gasteiger charge is -2.16. The topological polar surface area (TPSA) is 98.9 Å². The number of hydrogen-bond acceptors (Lipinski definition) is 5. The zero-order valence-electron chi connectivity index (χ0n) is 22.4. The predicted molar refractivity (Wildman–Crippen MR) is 151 cm³/mol. The molecule has 38 heavy (non-hydrogen) atoms. The van der Waals surface area contributed by atoms with Gasteiger partial charge in [-0.15, -0.1) is 0 Å². The Morgan fingerprint density at radius 1 is 0.895 bits per heavy atom. The van der Waals surface area contributed by atoms with Gasteiger partial charge in [0.05, 0.1) is 13.2 Å². The number of rotatable bonds is 16. The minimum absolute atomic E-state index is 0.0191. The van der Waals surface area contributed by atoms with Gasteiger partial charge in [-0.05, 0) is 72.4 Å². The maximum atomic E-state index is 12.9. The van der Waals surface area contributed by atoms with E-state index in [-0.39, 0.29) is 18.6 Å². The molecule has 3 rings (SSSR count). The smallest absolute Gasteiger partial charge is 0.303 e. The van der Waals surface area contributed by atoms with Crippen molar-refractivity contribution in [2.75, 3.05) is 13.2 Å². The number of carboxylic acid groups (broad SMARTS) is 1. The summed E-state index contributed by atoms with van der Waals surface area (Å²) >= 11 is 0. The minimum atomic E-state index is -0.824. The van der Waals surface area contributed by atoms with Crippen LogP contribution < -0.4 is 15.2 Å². The van der Waals surface area contributed by atoms with E-state index in [0.29, 0.717) is 25.2 Å². The molecule has 3 aromatic carbocycles. The van der Waals surface area contributed by atoms with Gasteiger partial charge in [0.15, 0.2) is 5.78 Å². The van der Waals surface area contributed by atoms with Gasteiger partial charge >= 0.3 is 5.97 Å². The number of ketones is 1. The Balaban J connectivity index is 1.74. The highest BCUT2D eigenvalue weighted by Gasteiger charge is 2.16. The SMILES string of the molecule is CCCCOc1ccc(C(=O)CC(N)c2cccc(-c3ccc(CCC(=O)O)cc3OCCCC)c2)cc1. The van der Waals surface area contributed by atoms with E-state index >= 15 is 0 Å². The molecule has 1 unspecified atom stereocenters. The largest absolute Gasteiger partial charge is 0.494 e. The van der Waals surface area contributed by atoms with Crippen LogP contribution in [0.1, 0.15) is 79.9 Å². The number of carbonyl (C=O) groups excluding carboxylic acids is 1. The number of aryl methyl sites for hydroxylation is 1. The summed E-state index contributed by atoms with van der Waals surface area (Å²) in [6, 6.07) is 20.5. The molecule has 3 N–H and O–H groups in total. The quantitative estimate of drug-likeness (QED) is 0.157. The molecule has 1 atom stereocenters. The molecule has 0 aromatic heterocycles. The lowest BCUT2D eigenvalue weighted by Crippen LogP contribution is -2.15. The molecule has 6 heteroatoms.